The highest BCUT2D eigenvalue weighted by atomic mass is 16.1. The molecule has 0 aliphatic heterocycles. The Balaban J connectivity index is 2.60. The SMILES string of the molecule is CCCC(CCC)C(=O)C1=CCCCCC1. The van der Waals surface area contributed by atoms with Crippen LogP contribution in [0, 0.1) is 5.92 Å². The third-order valence-electron chi connectivity index (χ3n) is 3.50. The van der Waals surface area contributed by atoms with Crippen LogP contribution < -0.4 is 0 Å². The molecule has 92 valence electrons. The summed E-state index contributed by atoms with van der Waals surface area (Å²) in [4.78, 5) is 12.4. The van der Waals surface area contributed by atoms with Crippen molar-refractivity contribution >= 4 is 5.78 Å². The lowest BCUT2D eigenvalue weighted by Crippen LogP contribution is -2.16. The Labute approximate surface area is 100 Å². The van der Waals surface area contributed by atoms with Gasteiger partial charge in [-0.25, -0.2) is 0 Å². The van der Waals surface area contributed by atoms with Crippen molar-refractivity contribution in [2.45, 2.75) is 71.6 Å². The van der Waals surface area contributed by atoms with Gasteiger partial charge in [0.1, 0.15) is 0 Å². The second-order valence-corrected chi connectivity index (χ2v) is 4.97. The van der Waals surface area contributed by atoms with Gasteiger partial charge in [0.05, 0.1) is 0 Å². The van der Waals surface area contributed by atoms with Crippen LogP contribution in [-0.4, -0.2) is 5.78 Å². The minimum atomic E-state index is 0.305. The van der Waals surface area contributed by atoms with Gasteiger partial charge in [0.2, 0.25) is 0 Å². The van der Waals surface area contributed by atoms with E-state index in [9.17, 15) is 4.79 Å². The largest absolute Gasteiger partial charge is 0.294 e. The van der Waals surface area contributed by atoms with Crippen molar-refractivity contribution in [3.8, 4) is 0 Å². The molecule has 0 radical (unpaired) electrons. The molecule has 0 unspecified atom stereocenters. The van der Waals surface area contributed by atoms with E-state index in [-0.39, 0.29) is 0 Å². The Morgan fingerprint density at radius 1 is 1.19 bits per heavy atom. The van der Waals surface area contributed by atoms with Gasteiger partial charge >= 0.3 is 0 Å². The van der Waals surface area contributed by atoms with Crippen molar-refractivity contribution in [1.82, 2.24) is 0 Å². The molecule has 0 heterocycles. The van der Waals surface area contributed by atoms with E-state index in [1.807, 2.05) is 0 Å². The monoisotopic (exact) mass is 222 g/mol. The number of carbonyl (C=O) groups is 1. The summed E-state index contributed by atoms with van der Waals surface area (Å²) < 4.78 is 0. The molecule has 0 bridgehead atoms. The Kier molecular flexibility index (Phi) is 6.44. The quantitative estimate of drug-likeness (QED) is 0.638. The molecule has 1 aliphatic carbocycles. The summed E-state index contributed by atoms with van der Waals surface area (Å²) in [5.74, 6) is 0.768. The molecule has 1 nitrogen and oxygen atoms in total. The van der Waals surface area contributed by atoms with Gasteiger partial charge in [-0.05, 0) is 44.1 Å². The fraction of sp³-hybridized carbons (Fsp3) is 0.800. The van der Waals surface area contributed by atoms with E-state index in [0.717, 1.165) is 44.1 Å². The zero-order chi connectivity index (χ0) is 11.8. The lowest BCUT2D eigenvalue weighted by atomic mass is 9.88. The molecule has 0 amide bonds. The highest BCUT2D eigenvalue weighted by Gasteiger charge is 2.20. The van der Waals surface area contributed by atoms with Crippen LogP contribution >= 0.6 is 0 Å². The fourth-order valence-corrected chi connectivity index (χ4v) is 2.60. The predicted octanol–water partition coefficient (Wildman–Crippen LogP) is 4.66. The molecule has 0 aromatic heterocycles. The number of rotatable bonds is 6. The van der Waals surface area contributed by atoms with Gasteiger partial charge in [0, 0.05) is 5.92 Å². The average molecular weight is 222 g/mol. The maximum atomic E-state index is 12.4. The number of hydrogen-bond donors (Lipinski definition) is 0. The summed E-state index contributed by atoms with van der Waals surface area (Å²) in [6.07, 6.45) is 12.5. The smallest absolute Gasteiger partial charge is 0.161 e. The van der Waals surface area contributed by atoms with Gasteiger partial charge in [-0.3, -0.25) is 4.79 Å². The fourth-order valence-electron chi connectivity index (χ4n) is 2.60. The summed E-state index contributed by atoms with van der Waals surface area (Å²) in [7, 11) is 0. The maximum absolute atomic E-state index is 12.4. The van der Waals surface area contributed by atoms with Crippen molar-refractivity contribution in [3.63, 3.8) is 0 Å². The molecule has 1 rings (SSSR count). The second-order valence-electron chi connectivity index (χ2n) is 4.97. The third-order valence-corrected chi connectivity index (χ3v) is 3.50. The van der Waals surface area contributed by atoms with Crippen molar-refractivity contribution in [1.29, 1.82) is 0 Å². The van der Waals surface area contributed by atoms with E-state index in [2.05, 4.69) is 19.9 Å². The van der Waals surface area contributed by atoms with Crippen LogP contribution in [0.15, 0.2) is 11.6 Å². The van der Waals surface area contributed by atoms with Gasteiger partial charge in [-0.15, -0.1) is 0 Å². The number of allylic oxidation sites excluding steroid dienone is 2. The molecular weight excluding hydrogens is 196 g/mol. The summed E-state index contributed by atoms with van der Waals surface area (Å²) in [6, 6.07) is 0. The third kappa shape index (κ3) is 4.11. The number of Topliss-reactive ketones (excluding diaryl/α,β-unsaturated/α-hetero) is 1. The van der Waals surface area contributed by atoms with Crippen LogP contribution in [0.1, 0.15) is 71.6 Å². The van der Waals surface area contributed by atoms with Gasteiger partial charge in [-0.1, -0.05) is 39.2 Å². The summed E-state index contributed by atoms with van der Waals surface area (Å²) >= 11 is 0. The van der Waals surface area contributed by atoms with Crippen LogP contribution in [0.2, 0.25) is 0 Å². The molecular formula is C15H26O. The molecule has 16 heavy (non-hydrogen) atoms. The van der Waals surface area contributed by atoms with Crippen LogP contribution in [0.3, 0.4) is 0 Å². The molecule has 0 fully saturated rings. The molecule has 0 aromatic rings. The molecule has 1 heteroatoms. The topological polar surface area (TPSA) is 17.1 Å². The van der Waals surface area contributed by atoms with Gasteiger partial charge in [0.25, 0.3) is 0 Å². The van der Waals surface area contributed by atoms with E-state index in [1.54, 1.807) is 0 Å². The van der Waals surface area contributed by atoms with E-state index in [0.29, 0.717) is 11.7 Å². The lowest BCUT2D eigenvalue weighted by molar-refractivity contribution is -0.119. The Hall–Kier alpha value is -0.590. The normalized spacial score (nSPS) is 17.1. The lowest BCUT2D eigenvalue weighted by Gasteiger charge is -2.15. The first-order valence-corrected chi connectivity index (χ1v) is 7.02. The molecule has 1 aliphatic rings. The van der Waals surface area contributed by atoms with Crippen molar-refractivity contribution in [2.75, 3.05) is 0 Å². The van der Waals surface area contributed by atoms with Crippen molar-refractivity contribution < 1.29 is 4.79 Å². The van der Waals surface area contributed by atoms with E-state index in [1.165, 1.54) is 19.3 Å². The maximum Gasteiger partial charge on any atom is 0.161 e. The van der Waals surface area contributed by atoms with Crippen molar-refractivity contribution in [3.05, 3.63) is 11.6 Å². The average Bonchev–Trinajstić information content (AvgIpc) is 2.56. The van der Waals surface area contributed by atoms with Crippen LogP contribution in [-0.2, 0) is 4.79 Å². The van der Waals surface area contributed by atoms with E-state index in [4.69, 9.17) is 0 Å². The standard InChI is InChI=1S/C15H26O/c1-3-9-13(10-4-2)15(16)14-11-7-5-6-8-12-14/h11,13H,3-10,12H2,1-2H3. The van der Waals surface area contributed by atoms with Crippen LogP contribution in [0.4, 0.5) is 0 Å². The first kappa shape index (κ1) is 13.5. The molecule has 0 saturated heterocycles. The first-order valence-electron chi connectivity index (χ1n) is 7.02. The second kappa shape index (κ2) is 7.65. The number of ketones is 1. The van der Waals surface area contributed by atoms with Crippen LogP contribution in [0.25, 0.3) is 0 Å². The summed E-state index contributed by atoms with van der Waals surface area (Å²) in [6.45, 7) is 4.36. The van der Waals surface area contributed by atoms with E-state index >= 15 is 0 Å². The van der Waals surface area contributed by atoms with Crippen molar-refractivity contribution in [2.24, 2.45) is 5.92 Å². The Morgan fingerprint density at radius 3 is 2.50 bits per heavy atom. The highest BCUT2D eigenvalue weighted by molar-refractivity contribution is 5.97. The summed E-state index contributed by atoms with van der Waals surface area (Å²) in [5.41, 5.74) is 1.14. The van der Waals surface area contributed by atoms with E-state index < -0.39 is 0 Å². The highest BCUT2D eigenvalue weighted by Crippen LogP contribution is 2.24. The molecule has 0 atom stereocenters. The number of carbonyl (C=O) groups excluding carboxylic acids is 1. The molecule has 0 spiro atoms. The van der Waals surface area contributed by atoms with Gasteiger partial charge < -0.3 is 0 Å². The molecule has 0 N–H and O–H groups in total. The van der Waals surface area contributed by atoms with Gasteiger partial charge in [-0.2, -0.15) is 0 Å². The molecule has 0 saturated carbocycles. The summed E-state index contributed by atoms with van der Waals surface area (Å²) in [5, 5.41) is 0. The molecule has 0 aromatic carbocycles. The van der Waals surface area contributed by atoms with Crippen LogP contribution in [0.5, 0.6) is 0 Å². The Morgan fingerprint density at radius 2 is 1.88 bits per heavy atom. The Bertz CT molecular complexity index is 234. The minimum absolute atomic E-state index is 0.305. The predicted molar refractivity (Wildman–Crippen MR) is 69.5 cm³/mol. The zero-order valence-electron chi connectivity index (χ0n) is 10.9. The zero-order valence-corrected chi connectivity index (χ0v) is 10.9. The van der Waals surface area contributed by atoms with Gasteiger partial charge in [0.15, 0.2) is 5.78 Å². The first-order chi connectivity index (χ1) is 7.79. The minimum Gasteiger partial charge on any atom is -0.294 e. The number of hydrogen-bond acceptors (Lipinski definition) is 1.